The van der Waals surface area contributed by atoms with Gasteiger partial charge in [-0.3, -0.25) is 4.79 Å². The molecule has 0 spiro atoms. The molecular weight excluding hydrogens is 409 g/mol. The quantitative estimate of drug-likeness (QED) is 0.664. The van der Waals surface area contributed by atoms with Crippen molar-refractivity contribution >= 4 is 17.3 Å². The Labute approximate surface area is 186 Å². The van der Waals surface area contributed by atoms with E-state index in [1.165, 1.54) is 12.1 Å². The van der Waals surface area contributed by atoms with Crippen molar-refractivity contribution in [3.05, 3.63) is 78.0 Å². The SMILES string of the molecule is COc1ccc2c(c1)N1CCN(c3ccc(F)cc3)CC1C(C(=O)NCc1ccco1)C2. The van der Waals surface area contributed by atoms with E-state index in [2.05, 4.69) is 27.2 Å². The van der Waals surface area contributed by atoms with Gasteiger partial charge in [0.15, 0.2) is 0 Å². The normalized spacial score (nSPS) is 19.8. The van der Waals surface area contributed by atoms with Crippen molar-refractivity contribution in [1.82, 2.24) is 5.32 Å². The highest BCUT2D eigenvalue weighted by Crippen LogP contribution is 2.39. The molecule has 3 aromatic rings. The van der Waals surface area contributed by atoms with Crippen LogP contribution in [0, 0.1) is 11.7 Å². The molecule has 32 heavy (non-hydrogen) atoms. The zero-order valence-electron chi connectivity index (χ0n) is 18.0. The number of ether oxygens (including phenoxy) is 1. The standard InChI is InChI=1S/C25H26FN3O3/c1-31-20-9-4-17-13-22(25(30)27-15-21-3-2-12-32-21)24-16-28(10-11-29(24)23(17)14-20)19-7-5-18(26)6-8-19/h2-9,12,14,22,24H,10-11,13,15-16H2,1H3,(H,27,30). The first-order chi connectivity index (χ1) is 15.6. The van der Waals surface area contributed by atoms with Crippen LogP contribution in [-0.4, -0.2) is 38.7 Å². The van der Waals surface area contributed by atoms with Crippen molar-refractivity contribution in [3.8, 4) is 5.75 Å². The summed E-state index contributed by atoms with van der Waals surface area (Å²) in [6, 6.07) is 16.3. The third kappa shape index (κ3) is 3.90. The van der Waals surface area contributed by atoms with Gasteiger partial charge in [-0.1, -0.05) is 6.07 Å². The summed E-state index contributed by atoms with van der Waals surface area (Å²) in [5, 5.41) is 3.05. The van der Waals surface area contributed by atoms with Crippen LogP contribution in [0.25, 0.3) is 0 Å². The van der Waals surface area contributed by atoms with Crippen LogP contribution >= 0.6 is 0 Å². The van der Waals surface area contributed by atoms with E-state index in [0.29, 0.717) is 19.5 Å². The Morgan fingerprint density at radius 3 is 2.78 bits per heavy atom. The number of anilines is 2. The van der Waals surface area contributed by atoms with Gasteiger partial charge in [-0.2, -0.15) is 0 Å². The Morgan fingerprint density at radius 2 is 2.03 bits per heavy atom. The lowest BCUT2D eigenvalue weighted by molar-refractivity contribution is -0.126. The number of carbonyl (C=O) groups excluding carboxylic acids is 1. The summed E-state index contributed by atoms with van der Waals surface area (Å²) in [6.07, 6.45) is 2.26. The molecule has 0 aliphatic carbocycles. The summed E-state index contributed by atoms with van der Waals surface area (Å²) < 4.78 is 24.2. The van der Waals surface area contributed by atoms with Crippen molar-refractivity contribution in [2.75, 3.05) is 36.5 Å². The second-order valence-corrected chi connectivity index (χ2v) is 8.29. The minimum Gasteiger partial charge on any atom is -0.497 e. The number of hydrogen-bond donors (Lipinski definition) is 1. The van der Waals surface area contributed by atoms with Crippen LogP contribution < -0.4 is 19.9 Å². The molecule has 0 radical (unpaired) electrons. The maximum absolute atomic E-state index is 13.4. The first-order valence-corrected chi connectivity index (χ1v) is 10.9. The van der Waals surface area contributed by atoms with E-state index in [9.17, 15) is 9.18 Å². The number of furan rings is 1. The maximum atomic E-state index is 13.4. The number of nitrogens with zero attached hydrogens (tertiary/aromatic N) is 2. The molecule has 1 aromatic heterocycles. The zero-order chi connectivity index (χ0) is 22.1. The Bertz CT molecular complexity index is 1080. The molecule has 0 saturated carbocycles. The predicted molar refractivity (Wildman–Crippen MR) is 120 cm³/mol. The molecule has 1 saturated heterocycles. The molecule has 0 bridgehead atoms. The Morgan fingerprint density at radius 1 is 1.19 bits per heavy atom. The Balaban J connectivity index is 1.43. The lowest BCUT2D eigenvalue weighted by Gasteiger charge is -2.49. The second kappa shape index (κ2) is 8.57. The van der Waals surface area contributed by atoms with E-state index in [1.54, 1.807) is 25.5 Å². The largest absolute Gasteiger partial charge is 0.497 e. The van der Waals surface area contributed by atoms with E-state index in [0.717, 1.165) is 41.5 Å². The topological polar surface area (TPSA) is 58.0 Å². The summed E-state index contributed by atoms with van der Waals surface area (Å²) in [4.78, 5) is 17.9. The highest BCUT2D eigenvalue weighted by atomic mass is 19.1. The number of amides is 1. The number of rotatable bonds is 5. The number of nitrogens with one attached hydrogen (secondary N) is 1. The van der Waals surface area contributed by atoms with E-state index < -0.39 is 0 Å². The van der Waals surface area contributed by atoms with Gasteiger partial charge in [-0.15, -0.1) is 0 Å². The van der Waals surface area contributed by atoms with E-state index in [4.69, 9.17) is 9.15 Å². The fraction of sp³-hybridized carbons (Fsp3) is 0.320. The van der Waals surface area contributed by atoms with Gasteiger partial charge in [0, 0.05) is 37.1 Å². The maximum Gasteiger partial charge on any atom is 0.225 e. The minimum absolute atomic E-state index is 0.00925. The van der Waals surface area contributed by atoms with Gasteiger partial charge in [-0.05, 0) is 54.4 Å². The van der Waals surface area contributed by atoms with Gasteiger partial charge < -0.3 is 24.3 Å². The molecule has 5 rings (SSSR count). The molecule has 1 N–H and O–H groups in total. The van der Waals surface area contributed by atoms with Gasteiger partial charge in [0.1, 0.15) is 17.3 Å². The average molecular weight is 435 g/mol. The molecule has 1 fully saturated rings. The van der Waals surface area contributed by atoms with Gasteiger partial charge >= 0.3 is 0 Å². The van der Waals surface area contributed by atoms with Crippen molar-refractivity contribution < 1.29 is 18.3 Å². The monoisotopic (exact) mass is 435 g/mol. The second-order valence-electron chi connectivity index (χ2n) is 8.29. The van der Waals surface area contributed by atoms with Gasteiger partial charge in [0.25, 0.3) is 0 Å². The predicted octanol–water partition coefficient (Wildman–Crippen LogP) is 3.61. The highest BCUT2D eigenvalue weighted by molar-refractivity contribution is 5.82. The lowest BCUT2D eigenvalue weighted by atomic mass is 9.83. The van der Waals surface area contributed by atoms with Crippen LogP contribution in [0.3, 0.4) is 0 Å². The number of piperazine rings is 1. The number of fused-ring (bicyclic) bond motifs is 3. The summed E-state index contributed by atoms with van der Waals surface area (Å²) in [7, 11) is 1.67. The molecular formula is C25H26FN3O3. The molecule has 7 heteroatoms. The van der Waals surface area contributed by atoms with Gasteiger partial charge in [0.2, 0.25) is 5.91 Å². The van der Waals surface area contributed by atoms with Crippen LogP contribution in [0.2, 0.25) is 0 Å². The number of halogens is 1. The van der Waals surface area contributed by atoms with Crippen LogP contribution in [0.15, 0.2) is 65.3 Å². The van der Waals surface area contributed by atoms with Crippen molar-refractivity contribution in [2.45, 2.75) is 19.0 Å². The number of methoxy groups -OCH3 is 1. The minimum atomic E-state index is -0.249. The fourth-order valence-electron chi connectivity index (χ4n) is 4.81. The highest BCUT2D eigenvalue weighted by Gasteiger charge is 2.41. The van der Waals surface area contributed by atoms with E-state index in [-0.39, 0.29) is 23.7 Å². The van der Waals surface area contributed by atoms with Crippen molar-refractivity contribution in [1.29, 1.82) is 0 Å². The molecule has 166 valence electrons. The van der Waals surface area contributed by atoms with Crippen LogP contribution in [-0.2, 0) is 17.8 Å². The number of hydrogen-bond acceptors (Lipinski definition) is 5. The van der Waals surface area contributed by atoms with Crippen molar-refractivity contribution in [3.63, 3.8) is 0 Å². The fourth-order valence-corrected chi connectivity index (χ4v) is 4.81. The lowest BCUT2D eigenvalue weighted by Crippen LogP contribution is -2.61. The third-order valence-corrected chi connectivity index (χ3v) is 6.47. The molecule has 2 aliphatic heterocycles. The first-order valence-electron chi connectivity index (χ1n) is 10.9. The van der Waals surface area contributed by atoms with Crippen LogP contribution in [0.4, 0.5) is 15.8 Å². The molecule has 3 heterocycles. The average Bonchev–Trinajstić information content (AvgIpc) is 3.35. The van der Waals surface area contributed by atoms with Gasteiger partial charge in [-0.25, -0.2) is 4.39 Å². The molecule has 2 aliphatic rings. The third-order valence-electron chi connectivity index (χ3n) is 6.47. The molecule has 2 unspecified atom stereocenters. The summed E-state index contributed by atoms with van der Waals surface area (Å²) in [6.45, 7) is 2.61. The summed E-state index contributed by atoms with van der Waals surface area (Å²) in [5.74, 6) is 1.09. The Kier molecular flexibility index (Phi) is 5.47. The zero-order valence-corrected chi connectivity index (χ0v) is 18.0. The smallest absolute Gasteiger partial charge is 0.225 e. The summed E-state index contributed by atoms with van der Waals surface area (Å²) in [5.41, 5.74) is 3.25. The van der Waals surface area contributed by atoms with Crippen LogP contribution in [0.5, 0.6) is 5.75 Å². The Hall–Kier alpha value is -3.48. The van der Waals surface area contributed by atoms with E-state index in [1.807, 2.05) is 18.2 Å². The molecule has 2 atom stereocenters. The van der Waals surface area contributed by atoms with Crippen LogP contribution in [0.1, 0.15) is 11.3 Å². The van der Waals surface area contributed by atoms with E-state index >= 15 is 0 Å². The number of benzene rings is 2. The molecule has 6 nitrogen and oxygen atoms in total. The van der Waals surface area contributed by atoms with Gasteiger partial charge in [0.05, 0.1) is 31.9 Å². The van der Waals surface area contributed by atoms with Crippen molar-refractivity contribution in [2.24, 2.45) is 5.92 Å². The number of carbonyl (C=O) groups is 1. The molecule has 2 aromatic carbocycles. The summed E-state index contributed by atoms with van der Waals surface area (Å²) >= 11 is 0. The molecule has 1 amide bonds. The first kappa shape index (κ1) is 20.4.